The Morgan fingerprint density at radius 3 is 2.80 bits per heavy atom. The molecule has 158 valence electrons. The number of alkyl halides is 2. The molecule has 0 bridgehead atoms. The predicted molar refractivity (Wildman–Crippen MR) is 102 cm³/mol. The first-order valence-corrected chi connectivity index (χ1v) is 9.74. The molecule has 0 unspecified atom stereocenters. The first-order valence-electron chi connectivity index (χ1n) is 9.37. The summed E-state index contributed by atoms with van der Waals surface area (Å²) in [5.41, 5.74) is 0.354. The van der Waals surface area contributed by atoms with E-state index < -0.39 is 23.8 Å². The van der Waals surface area contributed by atoms with Gasteiger partial charge in [-0.3, -0.25) is 4.79 Å². The monoisotopic (exact) mass is 438 g/mol. The van der Waals surface area contributed by atoms with E-state index >= 15 is 0 Å². The van der Waals surface area contributed by atoms with Gasteiger partial charge in [-0.25, -0.2) is 27.7 Å². The second-order valence-electron chi connectivity index (χ2n) is 7.42. The number of hydrogen-bond acceptors (Lipinski definition) is 5. The highest BCUT2D eigenvalue weighted by atomic mass is 35.5. The molecule has 4 rings (SSSR count). The van der Waals surface area contributed by atoms with E-state index in [1.165, 1.54) is 27.9 Å². The molecule has 7 nitrogen and oxygen atoms in total. The summed E-state index contributed by atoms with van der Waals surface area (Å²) in [4.78, 5) is 26.1. The van der Waals surface area contributed by atoms with Gasteiger partial charge in [-0.05, 0) is 31.4 Å². The Morgan fingerprint density at radius 2 is 2.07 bits per heavy atom. The molecule has 0 radical (unpaired) electrons. The second kappa shape index (κ2) is 7.82. The van der Waals surface area contributed by atoms with Gasteiger partial charge in [-0.2, -0.15) is 10.1 Å². The van der Waals surface area contributed by atoms with E-state index in [0.29, 0.717) is 24.4 Å². The maximum atomic E-state index is 14.4. The van der Waals surface area contributed by atoms with Crippen LogP contribution in [-0.4, -0.2) is 48.5 Å². The Bertz CT molecular complexity index is 1120. The van der Waals surface area contributed by atoms with E-state index in [0.717, 1.165) is 0 Å². The van der Waals surface area contributed by atoms with Crippen molar-refractivity contribution in [3.8, 4) is 0 Å². The number of rotatable bonds is 3. The van der Waals surface area contributed by atoms with Crippen molar-refractivity contribution in [2.24, 2.45) is 5.92 Å². The van der Waals surface area contributed by atoms with Crippen LogP contribution in [0.15, 0.2) is 18.5 Å². The summed E-state index contributed by atoms with van der Waals surface area (Å²) in [7, 11) is 0. The van der Waals surface area contributed by atoms with Crippen LogP contribution in [0.1, 0.15) is 53.1 Å². The summed E-state index contributed by atoms with van der Waals surface area (Å²) in [5, 5.41) is 3.74. The fourth-order valence-electron chi connectivity index (χ4n) is 3.81. The van der Waals surface area contributed by atoms with Crippen LogP contribution in [-0.2, 0) is 0 Å². The maximum absolute atomic E-state index is 14.4. The van der Waals surface area contributed by atoms with Crippen LogP contribution < -0.4 is 0 Å². The number of pyridine rings is 1. The molecule has 0 N–H and O–H groups in total. The molecule has 0 aromatic carbocycles. The van der Waals surface area contributed by atoms with E-state index in [9.17, 15) is 18.0 Å². The molecule has 0 aliphatic carbocycles. The lowest BCUT2D eigenvalue weighted by Crippen LogP contribution is -2.43. The Balaban J connectivity index is 1.71. The van der Waals surface area contributed by atoms with E-state index in [1.54, 1.807) is 6.92 Å². The molecule has 2 atom stereocenters. The molecule has 1 aliphatic rings. The number of aromatic nitrogens is 5. The van der Waals surface area contributed by atoms with Gasteiger partial charge in [0.2, 0.25) is 0 Å². The zero-order chi connectivity index (χ0) is 21.6. The largest absolute Gasteiger partial charge is 0.338 e. The van der Waals surface area contributed by atoms with Gasteiger partial charge in [0.25, 0.3) is 18.1 Å². The minimum Gasteiger partial charge on any atom is -0.338 e. The quantitative estimate of drug-likeness (QED) is 0.581. The van der Waals surface area contributed by atoms with Crippen molar-refractivity contribution in [1.82, 2.24) is 29.5 Å². The number of halogens is 4. The summed E-state index contributed by atoms with van der Waals surface area (Å²) >= 11 is 5.80. The van der Waals surface area contributed by atoms with Crippen molar-refractivity contribution in [2.45, 2.75) is 32.6 Å². The number of piperidine rings is 1. The highest BCUT2D eigenvalue weighted by Gasteiger charge is 2.34. The van der Waals surface area contributed by atoms with Crippen molar-refractivity contribution in [3.63, 3.8) is 0 Å². The van der Waals surface area contributed by atoms with Crippen molar-refractivity contribution in [1.29, 1.82) is 0 Å². The normalized spacial score (nSPS) is 19.6. The number of carbonyl (C=O) groups is 1. The first-order chi connectivity index (χ1) is 14.3. The van der Waals surface area contributed by atoms with Gasteiger partial charge >= 0.3 is 0 Å². The van der Waals surface area contributed by atoms with Crippen molar-refractivity contribution < 1.29 is 18.0 Å². The maximum Gasteiger partial charge on any atom is 0.280 e. The molecule has 1 amide bonds. The molecule has 1 fully saturated rings. The third kappa shape index (κ3) is 3.60. The van der Waals surface area contributed by atoms with Crippen molar-refractivity contribution in [3.05, 3.63) is 52.1 Å². The van der Waals surface area contributed by atoms with Crippen LogP contribution >= 0.6 is 11.6 Å². The SMILES string of the molecule is Cc1cc(C(=O)N2CC[C@@H](C)[C@H](c3cc(C(F)F)nc4ncnn34)C2)c(F)c(Cl)n1. The number of amides is 1. The van der Waals surface area contributed by atoms with Gasteiger partial charge < -0.3 is 4.90 Å². The minimum atomic E-state index is -2.77. The van der Waals surface area contributed by atoms with Crippen LogP contribution in [0.25, 0.3) is 5.78 Å². The molecule has 3 aromatic rings. The van der Waals surface area contributed by atoms with Gasteiger partial charge in [-0.15, -0.1) is 0 Å². The van der Waals surface area contributed by atoms with Gasteiger partial charge in [0.1, 0.15) is 12.0 Å². The van der Waals surface area contributed by atoms with Crippen molar-refractivity contribution in [2.75, 3.05) is 13.1 Å². The first kappa shape index (κ1) is 20.5. The molecule has 1 saturated heterocycles. The lowest BCUT2D eigenvalue weighted by Gasteiger charge is -2.37. The smallest absolute Gasteiger partial charge is 0.280 e. The van der Waals surface area contributed by atoms with Gasteiger partial charge in [0, 0.05) is 24.7 Å². The van der Waals surface area contributed by atoms with Crippen LogP contribution in [0.3, 0.4) is 0 Å². The topological polar surface area (TPSA) is 76.3 Å². The average Bonchev–Trinajstić information content (AvgIpc) is 3.18. The van der Waals surface area contributed by atoms with Gasteiger partial charge in [0.15, 0.2) is 11.0 Å². The molecule has 4 heterocycles. The van der Waals surface area contributed by atoms with Crippen LogP contribution in [0.4, 0.5) is 13.2 Å². The summed E-state index contributed by atoms with van der Waals surface area (Å²) in [6, 6.07) is 2.66. The molecule has 0 saturated carbocycles. The Morgan fingerprint density at radius 1 is 1.30 bits per heavy atom. The Labute approximate surface area is 174 Å². The number of nitrogens with zero attached hydrogens (tertiary/aromatic N) is 6. The minimum absolute atomic E-state index is 0.0704. The zero-order valence-corrected chi connectivity index (χ0v) is 16.9. The Hall–Kier alpha value is -2.75. The molecular weight excluding hydrogens is 421 g/mol. The fraction of sp³-hybridized carbons (Fsp3) is 0.421. The third-order valence-electron chi connectivity index (χ3n) is 5.42. The fourth-order valence-corrected chi connectivity index (χ4v) is 4.05. The summed E-state index contributed by atoms with van der Waals surface area (Å²) in [5.74, 6) is -1.56. The highest BCUT2D eigenvalue weighted by Crippen LogP contribution is 2.34. The van der Waals surface area contributed by atoms with Gasteiger partial charge in [0.05, 0.1) is 11.3 Å². The highest BCUT2D eigenvalue weighted by molar-refractivity contribution is 6.30. The van der Waals surface area contributed by atoms with E-state index in [2.05, 4.69) is 20.1 Å². The van der Waals surface area contributed by atoms with E-state index in [4.69, 9.17) is 11.6 Å². The standard InChI is InChI=1S/C19H18ClF3N6O/c1-9-3-4-28(18(30)11-5-10(2)26-16(20)15(11)21)7-12(9)14-6-13(17(22)23)27-19-24-8-25-29(14)19/h5-6,8-9,12,17H,3-4,7H2,1-2H3/t9-,12-/m1/s1. The zero-order valence-electron chi connectivity index (χ0n) is 16.2. The lowest BCUT2D eigenvalue weighted by molar-refractivity contribution is 0.0660. The van der Waals surface area contributed by atoms with Crippen LogP contribution in [0.2, 0.25) is 5.15 Å². The summed E-state index contributed by atoms with van der Waals surface area (Å²) < 4.78 is 42.5. The Kier molecular flexibility index (Phi) is 5.35. The predicted octanol–water partition coefficient (Wildman–Crippen LogP) is 3.82. The van der Waals surface area contributed by atoms with Crippen LogP contribution in [0, 0.1) is 18.7 Å². The summed E-state index contributed by atoms with van der Waals surface area (Å²) in [6.07, 6.45) is -0.912. The van der Waals surface area contributed by atoms with Crippen molar-refractivity contribution >= 4 is 23.3 Å². The number of carbonyl (C=O) groups excluding carboxylic acids is 1. The molecule has 30 heavy (non-hydrogen) atoms. The summed E-state index contributed by atoms with van der Waals surface area (Å²) in [6.45, 7) is 4.21. The second-order valence-corrected chi connectivity index (χ2v) is 7.78. The number of fused-ring (bicyclic) bond motifs is 1. The number of likely N-dealkylation sites (tertiary alicyclic amines) is 1. The number of hydrogen-bond donors (Lipinski definition) is 0. The number of aryl methyl sites for hydroxylation is 1. The lowest BCUT2D eigenvalue weighted by atomic mass is 9.84. The van der Waals surface area contributed by atoms with E-state index in [1.807, 2.05) is 6.92 Å². The average molecular weight is 439 g/mol. The third-order valence-corrected chi connectivity index (χ3v) is 5.67. The van der Waals surface area contributed by atoms with Crippen LogP contribution in [0.5, 0.6) is 0 Å². The molecule has 3 aromatic heterocycles. The molecule has 11 heteroatoms. The molecular formula is C19H18ClF3N6O. The molecule has 0 spiro atoms. The van der Waals surface area contributed by atoms with Gasteiger partial charge in [-0.1, -0.05) is 18.5 Å². The molecule has 1 aliphatic heterocycles. The van der Waals surface area contributed by atoms with E-state index in [-0.39, 0.29) is 34.9 Å².